The first-order valence-electron chi connectivity index (χ1n) is 11.4. The minimum atomic E-state index is -0.508. The Morgan fingerprint density at radius 3 is 2.31 bits per heavy atom. The molecule has 4 atom stereocenters. The zero-order valence-corrected chi connectivity index (χ0v) is 18.6. The van der Waals surface area contributed by atoms with Gasteiger partial charge in [0.05, 0.1) is 5.41 Å². The van der Waals surface area contributed by atoms with Crippen molar-refractivity contribution in [2.24, 2.45) is 28.6 Å². The zero-order valence-electron chi connectivity index (χ0n) is 18.6. The molecule has 0 aliphatic heterocycles. The van der Waals surface area contributed by atoms with E-state index < -0.39 is 11.4 Å². The summed E-state index contributed by atoms with van der Waals surface area (Å²) >= 11 is 0. The molecular formula is C24H46O2. The molecule has 0 aromatic rings. The van der Waals surface area contributed by atoms with Crippen LogP contribution in [0.1, 0.15) is 119 Å². The summed E-state index contributed by atoms with van der Waals surface area (Å²) in [6.07, 6.45) is 13.7. The molecule has 0 aromatic carbocycles. The monoisotopic (exact) mass is 366 g/mol. The predicted molar refractivity (Wildman–Crippen MR) is 112 cm³/mol. The molecule has 0 heterocycles. The second kappa shape index (κ2) is 10.7. The number of unbranched alkanes of at least 4 members (excludes halogenated alkanes) is 4. The number of carbonyl (C=O) groups is 1. The third kappa shape index (κ3) is 6.57. The van der Waals surface area contributed by atoms with E-state index in [0.29, 0.717) is 23.2 Å². The molecule has 154 valence electrons. The zero-order chi connectivity index (χ0) is 19.8. The van der Waals surface area contributed by atoms with Gasteiger partial charge in [0.15, 0.2) is 0 Å². The molecule has 0 bridgehead atoms. The van der Waals surface area contributed by atoms with E-state index in [2.05, 4.69) is 41.5 Å². The van der Waals surface area contributed by atoms with Gasteiger partial charge in [-0.05, 0) is 55.3 Å². The van der Waals surface area contributed by atoms with Crippen molar-refractivity contribution in [3.8, 4) is 0 Å². The molecular weight excluding hydrogens is 320 g/mol. The quantitative estimate of drug-likeness (QED) is 0.380. The van der Waals surface area contributed by atoms with Crippen LogP contribution < -0.4 is 0 Å². The fourth-order valence-corrected chi connectivity index (χ4v) is 5.24. The van der Waals surface area contributed by atoms with Crippen LogP contribution in [0.4, 0.5) is 0 Å². The van der Waals surface area contributed by atoms with Gasteiger partial charge in [0.2, 0.25) is 0 Å². The Hall–Kier alpha value is -0.530. The first-order chi connectivity index (χ1) is 12.2. The van der Waals surface area contributed by atoms with Crippen LogP contribution in [-0.4, -0.2) is 11.1 Å². The van der Waals surface area contributed by atoms with E-state index in [4.69, 9.17) is 0 Å². The number of hydrogen-bond acceptors (Lipinski definition) is 1. The molecule has 1 N–H and O–H groups in total. The van der Waals surface area contributed by atoms with Crippen LogP contribution in [0.3, 0.4) is 0 Å². The predicted octanol–water partition coefficient (Wildman–Crippen LogP) is 7.71. The van der Waals surface area contributed by atoms with E-state index in [0.717, 1.165) is 32.1 Å². The Labute approximate surface area is 163 Å². The van der Waals surface area contributed by atoms with Gasteiger partial charge in [-0.25, -0.2) is 0 Å². The fourth-order valence-electron chi connectivity index (χ4n) is 5.24. The van der Waals surface area contributed by atoms with Crippen molar-refractivity contribution in [1.82, 2.24) is 0 Å². The van der Waals surface area contributed by atoms with Crippen LogP contribution in [0.25, 0.3) is 0 Å². The third-order valence-electron chi connectivity index (χ3n) is 7.11. The summed E-state index contributed by atoms with van der Waals surface area (Å²) in [6.45, 7) is 13.8. The minimum Gasteiger partial charge on any atom is -0.481 e. The van der Waals surface area contributed by atoms with Gasteiger partial charge in [-0.2, -0.15) is 0 Å². The van der Waals surface area contributed by atoms with E-state index >= 15 is 0 Å². The highest BCUT2D eigenvalue weighted by Crippen LogP contribution is 2.53. The average molecular weight is 367 g/mol. The lowest BCUT2D eigenvalue weighted by Gasteiger charge is -2.48. The lowest BCUT2D eigenvalue weighted by atomic mass is 9.55. The number of rotatable bonds is 11. The highest BCUT2D eigenvalue weighted by Gasteiger charge is 2.50. The summed E-state index contributed by atoms with van der Waals surface area (Å²) < 4.78 is 0. The van der Waals surface area contributed by atoms with Crippen molar-refractivity contribution < 1.29 is 9.90 Å². The van der Waals surface area contributed by atoms with Crippen LogP contribution in [0.5, 0.6) is 0 Å². The van der Waals surface area contributed by atoms with Gasteiger partial charge in [0, 0.05) is 0 Å². The molecule has 26 heavy (non-hydrogen) atoms. The van der Waals surface area contributed by atoms with E-state index in [9.17, 15) is 9.90 Å². The van der Waals surface area contributed by atoms with Crippen molar-refractivity contribution in [3.05, 3.63) is 0 Å². The standard InChI is InChI=1S/C24H46O2/c1-7-9-11-12-13-19(3)18-24(22(25)26)16-15-20(23(4,5)6)17-21(24)14-10-8-2/h19-21H,7-18H2,1-6H3,(H,25,26). The Kier molecular flexibility index (Phi) is 9.69. The van der Waals surface area contributed by atoms with Gasteiger partial charge >= 0.3 is 5.97 Å². The van der Waals surface area contributed by atoms with Crippen LogP contribution in [0.15, 0.2) is 0 Å². The normalized spacial score (nSPS) is 28.1. The van der Waals surface area contributed by atoms with Crippen LogP contribution in [0.2, 0.25) is 0 Å². The van der Waals surface area contributed by atoms with E-state index in [-0.39, 0.29) is 0 Å². The van der Waals surface area contributed by atoms with Gasteiger partial charge in [0.25, 0.3) is 0 Å². The molecule has 2 heteroatoms. The Balaban J connectivity index is 2.87. The summed E-state index contributed by atoms with van der Waals surface area (Å²) in [5.41, 5.74) is -0.179. The molecule has 0 spiro atoms. The lowest BCUT2D eigenvalue weighted by molar-refractivity contribution is -0.160. The number of aliphatic carboxylic acids is 1. The topological polar surface area (TPSA) is 37.3 Å². The first-order valence-corrected chi connectivity index (χ1v) is 11.4. The van der Waals surface area contributed by atoms with E-state index in [1.807, 2.05) is 0 Å². The van der Waals surface area contributed by atoms with Crippen LogP contribution >= 0.6 is 0 Å². The van der Waals surface area contributed by atoms with Crippen LogP contribution in [-0.2, 0) is 4.79 Å². The number of carboxylic acid groups (broad SMARTS) is 1. The summed E-state index contributed by atoms with van der Waals surface area (Å²) in [5.74, 6) is 1.04. The SMILES string of the molecule is CCCCCCC(C)CC1(C(=O)O)CCC(C(C)(C)C)CC1CCCC. The number of carboxylic acids is 1. The molecule has 1 aliphatic rings. The summed E-state index contributed by atoms with van der Waals surface area (Å²) in [7, 11) is 0. The van der Waals surface area contributed by atoms with Gasteiger partial charge in [-0.1, -0.05) is 86.5 Å². The maximum atomic E-state index is 12.5. The van der Waals surface area contributed by atoms with Gasteiger partial charge in [-0.15, -0.1) is 0 Å². The Morgan fingerprint density at radius 1 is 1.12 bits per heavy atom. The largest absolute Gasteiger partial charge is 0.481 e. The van der Waals surface area contributed by atoms with E-state index in [1.54, 1.807) is 0 Å². The molecule has 0 saturated heterocycles. The first kappa shape index (κ1) is 23.5. The highest BCUT2D eigenvalue weighted by atomic mass is 16.4. The van der Waals surface area contributed by atoms with E-state index in [1.165, 1.54) is 44.9 Å². The van der Waals surface area contributed by atoms with Gasteiger partial charge in [-0.3, -0.25) is 4.79 Å². The Morgan fingerprint density at radius 2 is 1.77 bits per heavy atom. The van der Waals surface area contributed by atoms with Crippen molar-refractivity contribution in [2.45, 2.75) is 119 Å². The van der Waals surface area contributed by atoms with Crippen molar-refractivity contribution in [2.75, 3.05) is 0 Å². The molecule has 2 nitrogen and oxygen atoms in total. The lowest BCUT2D eigenvalue weighted by Crippen LogP contribution is -2.46. The molecule has 4 unspecified atom stereocenters. The maximum Gasteiger partial charge on any atom is 0.309 e. The molecule has 1 rings (SSSR count). The summed E-state index contributed by atoms with van der Waals surface area (Å²) in [6, 6.07) is 0. The average Bonchev–Trinajstić information content (AvgIpc) is 2.56. The fraction of sp³-hybridized carbons (Fsp3) is 0.958. The van der Waals surface area contributed by atoms with Gasteiger partial charge in [0.1, 0.15) is 0 Å². The molecule has 1 fully saturated rings. The highest BCUT2D eigenvalue weighted by molar-refractivity contribution is 5.75. The second-order valence-corrected chi connectivity index (χ2v) is 10.3. The molecule has 0 radical (unpaired) electrons. The van der Waals surface area contributed by atoms with Crippen LogP contribution in [0, 0.1) is 28.6 Å². The molecule has 1 aliphatic carbocycles. The smallest absolute Gasteiger partial charge is 0.309 e. The van der Waals surface area contributed by atoms with Crippen molar-refractivity contribution in [1.29, 1.82) is 0 Å². The summed E-state index contributed by atoms with van der Waals surface area (Å²) in [5, 5.41) is 10.3. The maximum absolute atomic E-state index is 12.5. The Bertz CT molecular complexity index is 409. The van der Waals surface area contributed by atoms with Gasteiger partial charge < -0.3 is 5.11 Å². The molecule has 1 saturated carbocycles. The van der Waals surface area contributed by atoms with Crippen molar-refractivity contribution in [3.63, 3.8) is 0 Å². The second-order valence-electron chi connectivity index (χ2n) is 10.3. The van der Waals surface area contributed by atoms with Crippen molar-refractivity contribution >= 4 is 5.97 Å². The summed E-state index contributed by atoms with van der Waals surface area (Å²) in [4.78, 5) is 12.5. The minimum absolute atomic E-state index is 0.293. The molecule has 0 amide bonds. The third-order valence-corrected chi connectivity index (χ3v) is 7.11. The number of hydrogen-bond donors (Lipinski definition) is 1. The molecule has 0 aromatic heterocycles.